The molecule has 2 N–H and O–H groups in total. The van der Waals surface area contributed by atoms with E-state index < -0.39 is 11.6 Å². The second-order valence-electron chi connectivity index (χ2n) is 7.64. The first kappa shape index (κ1) is 17.5. The summed E-state index contributed by atoms with van der Waals surface area (Å²) in [5.74, 6) is -0.431. The molecule has 2 aliphatic rings. The third kappa shape index (κ3) is 2.86. The fourth-order valence-corrected chi connectivity index (χ4v) is 4.20. The van der Waals surface area contributed by atoms with E-state index >= 15 is 0 Å². The summed E-state index contributed by atoms with van der Waals surface area (Å²) in [6.07, 6.45) is 0.412. The molecule has 1 atom stereocenters. The largest absolute Gasteiger partial charge is 0.351 e. The van der Waals surface area contributed by atoms with Crippen molar-refractivity contribution in [2.24, 2.45) is 0 Å². The van der Waals surface area contributed by atoms with Gasteiger partial charge in [-0.25, -0.2) is 4.79 Å². The summed E-state index contributed by atoms with van der Waals surface area (Å²) in [6.45, 7) is 0.819. The molecule has 7 nitrogen and oxygen atoms in total. The van der Waals surface area contributed by atoms with Crippen LogP contribution < -0.4 is 5.32 Å². The number of amides is 4. The van der Waals surface area contributed by atoms with Crippen molar-refractivity contribution in [3.8, 4) is 0 Å². The number of hydrogen-bond acceptors (Lipinski definition) is 3. The number of aromatic nitrogens is 1. The molecule has 1 spiro atoms. The van der Waals surface area contributed by atoms with Gasteiger partial charge in [0.1, 0.15) is 11.2 Å². The highest BCUT2D eigenvalue weighted by molar-refractivity contribution is 6.08. The molecule has 1 aromatic heterocycles. The Balaban J connectivity index is 1.34. The monoisotopic (exact) mass is 388 g/mol. The maximum atomic E-state index is 13.1. The van der Waals surface area contributed by atoms with Crippen LogP contribution in [0.3, 0.4) is 0 Å². The van der Waals surface area contributed by atoms with Gasteiger partial charge in [0, 0.05) is 17.4 Å². The number of H-pyrrole nitrogens is 1. The van der Waals surface area contributed by atoms with E-state index in [1.54, 1.807) is 4.90 Å². The Hall–Kier alpha value is -3.61. The number of aromatic amines is 1. The Morgan fingerprint density at radius 3 is 2.59 bits per heavy atom. The Morgan fingerprint density at radius 2 is 1.79 bits per heavy atom. The van der Waals surface area contributed by atoms with E-state index in [9.17, 15) is 14.4 Å². The summed E-state index contributed by atoms with van der Waals surface area (Å²) >= 11 is 0. The van der Waals surface area contributed by atoms with E-state index in [0.717, 1.165) is 16.5 Å². The van der Waals surface area contributed by atoms with Crippen LogP contribution in [0.5, 0.6) is 0 Å². The highest BCUT2D eigenvalue weighted by atomic mass is 16.2. The standard InChI is InChI=1S/C22H20N4O3/c27-19(18-12-16-8-4-5-9-17(16)23-18)25-11-10-22(14-25)20(28)26(21(29)24-22)13-15-6-2-1-3-7-15/h1-9,12,23H,10-11,13-14H2,(H,24,29)/t22-/m1/s1. The highest BCUT2D eigenvalue weighted by Crippen LogP contribution is 2.30. The fraction of sp³-hybridized carbons (Fsp3) is 0.227. The minimum absolute atomic E-state index is 0.165. The number of nitrogens with one attached hydrogen (secondary N) is 2. The topological polar surface area (TPSA) is 85.5 Å². The van der Waals surface area contributed by atoms with E-state index in [4.69, 9.17) is 0 Å². The van der Waals surface area contributed by atoms with Gasteiger partial charge in [-0.15, -0.1) is 0 Å². The van der Waals surface area contributed by atoms with Crippen LogP contribution in [0.15, 0.2) is 60.7 Å². The third-order valence-electron chi connectivity index (χ3n) is 5.75. The average molecular weight is 388 g/mol. The molecule has 2 aliphatic heterocycles. The molecule has 0 aliphatic carbocycles. The molecular formula is C22H20N4O3. The predicted molar refractivity (Wildman–Crippen MR) is 107 cm³/mol. The number of urea groups is 1. The van der Waals surface area contributed by atoms with Crippen LogP contribution in [0.1, 0.15) is 22.5 Å². The number of fused-ring (bicyclic) bond motifs is 1. The molecule has 3 heterocycles. The molecule has 29 heavy (non-hydrogen) atoms. The van der Waals surface area contributed by atoms with Gasteiger partial charge in [-0.2, -0.15) is 0 Å². The third-order valence-corrected chi connectivity index (χ3v) is 5.75. The molecule has 3 aromatic rings. The van der Waals surface area contributed by atoms with E-state index in [1.165, 1.54) is 4.90 Å². The van der Waals surface area contributed by atoms with Crippen molar-refractivity contribution < 1.29 is 14.4 Å². The van der Waals surface area contributed by atoms with Gasteiger partial charge < -0.3 is 15.2 Å². The van der Waals surface area contributed by atoms with Crippen molar-refractivity contribution in [1.29, 1.82) is 0 Å². The lowest BCUT2D eigenvalue weighted by atomic mass is 9.99. The summed E-state index contributed by atoms with van der Waals surface area (Å²) in [6, 6.07) is 18.5. The van der Waals surface area contributed by atoms with Crippen molar-refractivity contribution in [1.82, 2.24) is 20.1 Å². The van der Waals surface area contributed by atoms with Crippen LogP contribution in [0.4, 0.5) is 4.79 Å². The summed E-state index contributed by atoms with van der Waals surface area (Å²) in [5.41, 5.74) is 1.23. The summed E-state index contributed by atoms with van der Waals surface area (Å²) in [4.78, 5) is 44.6. The predicted octanol–water partition coefficient (Wildman–Crippen LogP) is 2.50. The fourth-order valence-electron chi connectivity index (χ4n) is 4.20. The molecule has 5 rings (SSSR count). The van der Waals surface area contributed by atoms with Crippen molar-refractivity contribution in [2.45, 2.75) is 18.5 Å². The SMILES string of the molecule is O=C(c1cc2ccccc2[nH]1)N1CC[C@]2(C1)NC(=O)N(Cc1ccccc1)C2=O. The molecule has 0 saturated carbocycles. The minimum atomic E-state index is -1.03. The maximum absolute atomic E-state index is 13.1. The van der Waals surface area contributed by atoms with Crippen LogP contribution in [0.2, 0.25) is 0 Å². The van der Waals surface area contributed by atoms with Gasteiger partial charge in [0.15, 0.2) is 0 Å². The second kappa shape index (κ2) is 6.48. The summed E-state index contributed by atoms with van der Waals surface area (Å²) in [7, 11) is 0. The van der Waals surface area contributed by atoms with E-state index in [0.29, 0.717) is 18.7 Å². The lowest BCUT2D eigenvalue weighted by molar-refractivity contribution is -0.131. The zero-order chi connectivity index (χ0) is 20.0. The van der Waals surface area contributed by atoms with Gasteiger partial charge >= 0.3 is 6.03 Å². The van der Waals surface area contributed by atoms with Gasteiger partial charge in [-0.1, -0.05) is 48.5 Å². The Kier molecular flexibility index (Phi) is 3.91. The van der Waals surface area contributed by atoms with E-state index in [-0.39, 0.29) is 24.9 Å². The lowest BCUT2D eigenvalue weighted by Gasteiger charge is -2.22. The smallest absolute Gasteiger partial charge is 0.325 e. The molecule has 0 bridgehead atoms. The van der Waals surface area contributed by atoms with Crippen LogP contribution in [-0.4, -0.2) is 51.3 Å². The summed E-state index contributed by atoms with van der Waals surface area (Å²) in [5, 5.41) is 3.81. The van der Waals surface area contributed by atoms with E-state index in [2.05, 4.69) is 10.3 Å². The molecule has 0 unspecified atom stereocenters. The van der Waals surface area contributed by atoms with E-state index in [1.807, 2.05) is 60.7 Å². The molecule has 7 heteroatoms. The molecule has 146 valence electrons. The Morgan fingerprint density at radius 1 is 1.03 bits per heavy atom. The molecule has 2 saturated heterocycles. The molecular weight excluding hydrogens is 368 g/mol. The number of para-hydroxylation sites is 1. The van der Waals surface area contributed by atoms with Crippen LogP contribution in [-0.2, 0) is 11.3 Å². The van der Waals surface area contributed by atoms with Crippen molar-refractivity contribution in [2.75, 3.05) is 13.1 Å². The minimum Gasteiger partial charge on any atom is -0.351 e. The normalized spacial score (nSPS) is 21.4. The molecule has 2 aromatic carbocycles. The molecule has 0 radical (unpaired) electrons. The molecule has 4 amide bonds. The van der Waals surface area contributed by atoms with Gasteiger partial charge in [0.2, 0.25) is 0 Å². The van der Waals surface area contributed by atoms with Gasteiger partial charge in [-0.3, -0.25) is 14.5 Å². The second-order valence-corrected chi connectivity index (χ2v) is 7.64. The number of likely N-dealkylation sites (tertiary alicyclic amines) is 1. The van der Waals surface area contributed by atoms with Crippen LogP contribution in [0, 0.1) is 0 Å². The van der Waals surface area contributed by atoms with Gasteiger partial charge in [0.25, 0.3) is 11.8 Å². The first-order chi connectivity index (χ1) is 14.1. The van der Waals surface area contributed by atoms with Gasteiger partial charge in [0.05, 0.1) is 13.1 Å². The van der Waals surface area contributed by atoms with Crippen LogP contribution in [0.25, 0.3) is 10.9 Å². The van der Waals surface area contributed by atoms with Crippen molar-refractivity contribution >= 4 is 28.7 Å². The zero-order valence-corrected chi connectivity index (χ0v) is 15.7. The van der Waals surface area contributed by atoms with Crippen LogP contribution >= 0.6 is 0 Å². The number of hydrogen-bond donors (Lipinski definition) is 2. The summed E-state index contributed by atoms with van der Waals surface area (Å²) < 4.78 is 0. The number of rotatable bonds is 3. The van der Waals surface area contributed by atoms with Crippen molar-refractivity contribution in [3.05, 3.63) is 71.9 Å². The average Bonchev–Trinajstić information content (AvgIpc) is 3.41. The Labute approximate surface area is 167 Å². The first-order valence-corrected chi connectivity index (χ1v) is 9.61. The van der Waals surface area contributed by atoms with Gasteiger partial charge in [-0.05, 0) is 24.1 Å². The number of carbonyl (C=O) groups is 3. The molecule has 2 fully saturated rings. The number of imide groups is 1. The highest BCUT2D eigenvalue weighted by Gasteiger charge is 2.55. The van der Waals surface area contributed by atoms with Crippen molar-refractivity contribution in [3.63, 3.8) is 0 Å². The number of nitrogens with zero attached hydrogens (tertiary/aromatic N) is 2. The maximum Gasteiger partial charge on any atom is 0.325 e. The first-order valence-electron chi connectivity index (χ1n) is 9.61. The quantitative estimate of drug-likeness (QED) is 0.676. The number of benzene rings is 2. The lowest BCUT2D eigenvalue weighted by Crippen LogP contribution is -2.49. The number of carbonyl (C=O) groups excluding carboxylic acids is 3. The Bertz CT molecular complexity index is 1090. The zero-order valence-electron chi connectivity index (χ0n) is 15.7.